The second-order valence-corrected chi connectivity index (χ2v) is 14.9. The SMILES string of the molecule is CC\C=C/C=C/C=C/C=C\C=C\C=C\CCCC(CC(=O)NC(CO)C(O)CCCCCCCCCCCCC)OC(=O)CCCCC\C=C/C=C\C=C\C=C\CC. The molecular weight excluding hydrogens is 719 g/mol. The number of aliphatic hydroxyl groups is 2. The molecule has 0 bridgehead atoms. The number of unbranched alkanes of at least 4 members (excludes halogenated alkanes) is 14. The van der Waals surface area contributed by atoms with E-state index in [1.54, 1.807) is 0 Å². The second-order valence-electron chi connectivity index (χ2n) is 14.9. The van der Waals surface area contributed by atoms with Gasteiger partial charge in [0.15, 0.2) is 0 Å². The van der Waals surface area contributed by atoms with Gasteiger partial charge in [0.05, 0.1) is 25.2 Å². The molecule has 0 aromatic rings. The Balaban J connectivity index is 4.88. The summed E-state index contributed by atoms with van der Waals surface area (Å²) in [6.07, 6.45) is 61.1. The molecule has 3 unspecified atom stereocenters. The zero-order chi connectivity index (χ0) is 42.4. The lowest BCUT2D eigenvalue weighted by molar-refractivity contribution is -0.151. The molecule has 0 aliphatic carbocycles. The fraction of sp³-hybridized carbons (Fsp3) is 0.577. The summed E-state index contributed by atoms with van der Waals surface area (Å²) in [5.74, 6) is -0.613. The molecule has 0 aromatic carbocycles. The molecule has 6 heteroatoms. The Morgan fingerprint density at radius 1 is 0.517 bits per heavy atom. The topological polar surface area (TPSA) is 95.9 Å². The van der Waals surface area contributed by atoms with Gasteiger partial charge in [-0.2, -0.15) is 0 Å². The quantitative estimate of drug-likeness (QED) is 0.0328. The van der Waals surface area contributed by atoms with Crippen LogP contribution in [0.2, 0.25) is 0 Å². The first-order valence-corrected chi connectivity index (χ1v) is 22.9. The lowest BCUT2D eigenvalue weighted by atomic mass is 10.0. The summed E-state index contributed by atoms with van der Waals surface area (Å²) in [4.78, 5) is 26.0. The third kappa shape index (κ3) is 39.1. The van der Waals surface area contributed by atoms with Crippen LogP contribution in [-0.4, -0.2) is 46.9 Å². The van der Waals surface area contributed by atoms with Crippen LogP contribution in [0.1, 0.15) is 168 Å². The van der Waals surface area contributed by atoms with Gasteiger partial charge in [-0.15, -0.1) is 0 Å². The zero-order valence-electron chi connectivity index (χ0n) is 36.9. The van der Waals surface area contributed by atoms with E-state index in [9.17, 15) is 19.8 Å². The predicted molar refractivity (Wildman–Crippen MR) is 250 cm³/mol. The highest BCUT2D eigenvalue weighted by atomic mass is 16.5. The summed E-state index contributed by atoms with van der Waals surface area (Å²) in [5, 5.41) is 23.6. The van der Waals surface area contributed by atoms with E-state index in [2.05, 4.69) is 50.4 Å². The first-order valence-electron chi connectivity index (χ1n) is 22.9. The number of allylic oxidation sites excluding steroid dienone is 20. The maximum absolute atomic E-state index is 13.1. The minimum atomic E-state index is -0.821. The highest BCUT2D eigenvalue weighted by Crippen LogP contribution is 2.16. The van der Waals surface area contributed by atoms with Gasteiger partial charge < -0.3 is 20.3 Å². The van der Waals surface area contributed by atoms with Crippen molar-refractivity contribution in [2.24, 2.45) is 0 Å². The molecule has 0 aromatic heterocycles. The van der Waals surface area contributed by atoms with Crippen molar-refractivity contribution in [3.05, 3.63) is 122 Å². The van der Waals surface area contributed by atoms with Crippen molar-refractivity contribution in [2.75, 3.05) is 6.61 Å². The van der Waals surface area contributed by atoms with E-state index in [0.717, 1.165) is 70.6 Å². The fourth-order valence-electron chi connectivity index (χ4n) is 6.12. The minimum Gasteiger partial charge on any atom is -0.462 e. The lowest BCUT2D eigenvalue weighted by Crippen LogP contribution is -2.46. The molecular formula is C52H83NO5. The molecule has 0 aliphatic heterocycles. The van der Waals surface area contributed by atoms with Crippen LogP contribution < -0.4 is 5.32 Å². The van der Waals surface area contributed by atoms with E-state index in [1.165, 1.54) is 51.4 Å². The van der Waals surface area contributed by atoms with Crippen LogP contribution in [0.4, 0.5) is 0 Å². The van der Waals surface area contributed by atoms with Gasteiger partial charge in [-0.25, -0.2) is 0 Å². The van der Waals surface area contributed by atoms with E-state index in [4.69, 9.17) is 4.74 Å². The Labute approximate surface area is 355 Å². The van der Waals surface area contributed by atoms with Gasteiger partial charge in [-0.1, -0.05) is 219 Å². The Hall–Kier alpha value is -3.74. The van der Waals surface area contributed by atoms with Gasteiger partial charge >= 0.3 is 5.97 Å². The largest absolute Gasteiger partial charge is 0.462 e. The Bertz CT molecular complexity index is 1260. The number of nitrogens with one attached hydrogen (secondary N) is 1. The van der Waals surface area contributed by atoms with Crippen LogP contribution in [-0.2, 0) is 14.3 Å². The van der Waals surface area contributed by atoms with Gasteiger partial charge in [-0.05, 0) is 57.8 Å². The van der Waals surface area contributed by atoms with Gasteiger partial charge in [0.25, 0.3) is 0 Å². The molecule has 0 rings (SSSR count). The number of hydrogen-bond acceptors (Lipinski definition) is 5. The Morgan fingerprint density at radius 2 is 0.948 bits per heavy atom. The summed E-state index contributed by atoms with van der Waals surface area (Å²) in [6.45, 7) is 6.13. The van der Waals surface area contributed by atoms with E-state index in [-0.39, 0.29) is 24.9 Å². The van der Waals surface area contributed by atoms with Crippen LogP contribution in [0.15, 0.2) is 122 Å². The number of hydrogen-bond donors (Lipinski definition) is 3. The van der Waals surface area contributed by atoms with Crippen molar-refractivity contribution in [3.8, 4) is 0 Å². The molecule has 0 radical (unpaired) electrons. The average molecular weight is 802 g/mol. The smallest absolute Gasteiger partial charge is 0.306 e. The summed E-state index contributed by atoms with van der Waals surface area (Å²) in [5.41, 5.74) is 0. The van der Waals surface area contributed by atoms with Gasteiger partial charge in [0.2, 0.25) is 5.91 Å². The number of carbonyl (C=O) groups is 2. The molecule has 0 fully saturated rings. The predicted octanol–water partition coefficient (Wildman–Crippen LogP) is 13.3. The van der Waals surface area contributed by atoms with Gasteiger partial charge in [0.1, 0.15) is 6.10 Å². The van der Waals surface area contributed by atoms with E-state index >= 15 is 0 Å². The number of esters is 1. The van der Waals surface area contributed by atoms with Crippen molar-refractivity contribution in [3.63, 3.8) is 0 Å². The van der Waals surface area contributed by atoms with E-state index in [0.29, 0.717) is 19.3 Å². The van der Waals surface area contributed by atoms with Crippen LogP contribution in [0, 0.1) is 0 Å². The molecule has 0 saturated heterocycles. The monoisotopic (exact) mass is 802 g/mol. The maximum atomic E-state index is 13.1. The summed E-state index contributed by atoms with van der Waals surface area (Å²) in [6, 6.07) is -0.741. The van der Waals surface area contributed by atoms with Crippen LogP contribution in [0.5, 0.6) is 0 Å². The third-order valence-electron chi connectivity index (χ3n) is 9.54. The molecule has 1 amide bonds. The lowest BCUT2D eigenvalue weighted by Gasteiger charge is -2.24. The first-order chi connectivity index (χ1) is 28.5. The van der Waals surface area contributed by atoms with E-state index in [1.807, 2.05) is 97.2 Å². The molecule has 0 aliphatic rings. The summed E-state index contributed by atoms with van der Waals surface area (Å²) in [7, 11) is 0. The van der Waals surface area contributed by atoms with Crippen LogP contribution in [0.3, 0.4) is 0 Å². The molecule has 326 valence electrons. The Kier molecular flexibility index (Phi) is 41.5. The van der Waals surface area contributed by atoms with Crippen molar-refractivity contribution in [1.29, 1.82) is 0 Å². The van der Waals surface area contributed by atoms with Crippen molar-refractivity contribution in [2.45, 2.75) is 187 Å². The molecule has 58 heavy (non-hydrogen) atoms. The number of aliphatic hydroxyl groups excluding tert-OH is 2. The molecule has 6 nitrogen and oxygen atoms in total. The Morgan fingerprint density at radius 3 is 1.43 bits per heavy atom. The summed E-state index contributed by atoms with van der Waals surface area (Å²) < 4.78 is 5.85. The van der Waals surface area contributed by atoms with Gasteiger partial charge in [-0.3, -0.25) is 9.59 Å². The molecule has 3 N–H and O–H groups in total. The summed E-state index contributed by atoms with van der Waals surface area (Å²) >= 11 is 0. The molecule has 0 saturated carbocycles. The molecule has 3 atom stereocenters. The average Bonchev–Trinajstić information content (AvgIpc) is 3.22. The fourth-order valence-corrected chi connectivity index (χ4v) is 6.12. The van der Waals surface area contributed by atoms with Crippen molar-refractivity contribution < 1.29 is 24.5 Å². The highest BCUT2D eigenvalue weighted by Gasteiger charge is 2.23. The standard InChI is InChI=1S/C52H83NO5/c1-4-7-10-13-16-19-22-24-25-27-29-31-34-37-40-43-48(58-52(57)45-42-39-36-33-30-26-23-20-17-14-11-8-5-2)46-51(56)53-49(47-54)50(55)44-41-38-35-32-28-21-18-15-12-9-6-3/h7-8,10-11,13-14,16-17,19-20,22-27,29-31,34,48-50,54-55H,4-6,9,12,15,18,21,28,32-33,35-47H2,1-3H3,(H,53,56)/b10-7-,11-8+,16-13+,17-14+,22-19+,23-20-,25-24-,29-27+,30-26-,34-31+. The number of amides is 1. The van der Waals surface area contributed by atoms with E-state index < -0.39 is 18.2 Å². The van der Waals surface area contributed by atoms with Gasteiger partial charge in [0, 0.05) is 6.42 Å². The highest BCUT2D eigenvalue weighted by molar-refractivity contribution is 5.77. The number of carbonyl (C=O) groups excluding carboxylic acids is 2. The maximum Gasteiger partial charge on any atom is 0.306 e. The third-order valence-corrected chi connectivity index (χ3v) is 9.54. The molecule has 0 heterocycles. The molecule has 0 spiro atoms. The number of ether oxygens (including phenoxy) is 1. The van der Waals surface area contributed by atoms with Crippen LogP contribution in [0.25, 0.3) is 0 Å². The number of rotatable bonds is 38. The van der Waals surface area contributed by atoms with Crippen LogP contribution >= 0.6 is 0 Å². The second kappa shape index (κ2) is 44.4. The minimum absolute atomic E-state index is 0.00179. The van der Waals surface area contributed by atoms with Crippen molar-refractivity contribution in [1.82, 2.24) is 5.32 Å². The zero-order valence-corrected chi connectivity index (χ0v) is 36.9. The first kappa shape index (κ1) is 54.3. The normalized spacial score (nSPS) is 14.5. The van der Waals surface area contributed by atoms with Crippen molar-refractivity contribution >= 4 is 11.9 Å².